The molecule has 5 aromatic rings. The molecule has 0 unspecified atom stereocenters. The van der Waals surface area contributed by atoms with Crippen LogP contribution in [0.5, 0.6) is 0 Å². The van der Waals surface area contributed by atoms with Crippen molar-refractivity contribution in [3.05, 3.63) is 90.5 Å². The molecule has 0 spiro atoms. The Labute approximate surface area is 175 Å². The Morgan fingerprint density at radius 2 is 1.81 bits per heavy atom. The smallest absolute Gasteiger partial charge is 0.424 e. The molecule has 0 aliphatic rings. The number of aromatic nitrogens is 2. The van der Waals surface area contributed by atoms with Crippen molar-refractivity contribution in [3.8, 4) is 11.3 Å². The van der Waals surface area contributed by atoms with Crippen molar-refractivity contribution in [2.24, 2.45) is 0 Å². The summed E-state index contributed by atoms with van der Waals surface area (Å²) in [5.74, 6) is 0.691. The molecule has 3 aromatic heterocycles. The lowest BCUT2D eigenvalue weighted by Crippen LogP contribution is -2.35. The highest BCUT2D eigenvalue weighted by Gasteiger charge is 2.35. The van der Waals surface area contributed by atoms with Crippen LogP contribution >= 0.6 is 0 Å². The third-order valence-electron chi connectivity index (χ3n) is 5.24. The van der Waals surface area contributed by atoms with E-state index in [9.17, 15) is 13.2 Å². The van der Waals surface area contributed by atoms with Gasteiger partial charge in [-0.2, -0.15) is 17.7 Å². The second-order valence-corrected chi connectivity index (χ2v) is 7.37. The van der Waals surface area contributed by atoms with Gasteiger partial charge in [-0.1, -0.05) is 30.3 Å². The Kier molecular flexibility index (Phi) is 4.39. The first-order valence-electron chi connectivity index (χ1n) is 9.60. The third-order valence-corrected chi connectivity index (χ3v) is 5.24. The Balaban J connectivity index is 1.57. The summed E-state index contributed by atoms with van der Waals surface area (Å²) >= 11 is 0. The zero-order valence-corrected chi connectivity index (χ0v) is 16.2. The normalized spacial score (nSPS) is 12.0. The average Bonchev–Trinajstić information content (AvgIpc) is 3.18. The summed E-state index contributed by atoms with van der Waals surface area (Å²) in [7, 11) is 0. The van der Waals surface area contributed by atoms with Gasteiger partial charge in [0.2, 0.25) is 0 Å². The van der Waals surface area contributed by atoms with Gasteiger partial charge in [0.25, 0.3) is 0 Å². The van der Waals surface area contributed by atoms with E-state index >= 15 is 0 Å². The van der Waals surface area contributed by atoms with Gasteiger partial charge < -0.3 is 10.2 Å². The molecule has 0 fully saturated rings. The SMILES string of the molecule is Nc1cc[n+](Cc2ccc3cncc(-c4cc5ccccc5o4)c3c2)cc1C(F)(F)F. The zero-order chi connectivity index (χ0) is 21.6. The Morgan fingerprint density at radius 3 is 2.61 bits per heavy atom. The van der Waals surface area contributed by atoms with Gasteiger partial charge in [0.1, 0.15) is 16.9 Å². The van der Waals surface area contributed by atoms with Gasteiger partial charge in [-0.25, -0.2) is 0 Å². The molecular weight excluding hydrogens is 403 g/mol. The van der Waals surface area contributed by atoms with Crippen molar-refractivity contribution in [2.75, 3.05) is 5.73 Å². The lowest BCUT2D eigenvalue weighted by atomic mass is 10.0. The van der Waals surface area contributed by atoms with Crippen LogP contribution in [0, 0.1) is 0 Å². The number of para-hydroxylation sites is 1. The number of pyridine rings is 2. The number of nitrogens with two attached hydrogens (primary N) is 1. The van der Waals surface area contributed by atoms with E-state index in [0.717, 1.165) is 39.1 Å². The predicted molar refractivity (Wildman–Crippen MR) is 112 cm³/mol. The highest BCUT2D eigenvalue weighted by molar-refractivity contribution is 5.97. The van der Waals surface area contributed by atoms with Crippen molar-refractivity contribution in [1.82, 2.24) is 4.98 Å². The van der Waals surface area contributed by atoms with Crippen molar-refractivity contribution in [1.29, 1.82) is 0 Å². The number of nitrogen functional groups attached to an aromatic ring is 1. The van der Waals surface area contributed by atoms with Crippen LogP contribution in [0.1, 0.15) is 11.1 Å². The minimum atomic E-state index is -4.50. The molecule has 0 aliphatic heterocycles. The molecule has 0 aliphatic carbocycles. The van der Waals surface area contributed by atoms with Gasteiger partial charge in [-0.3, -0.25) is 4.98 Å². The van der Waals surface area contributed by atoms with Crippen LogP contribution in [-0.2, 0) is 12.7 Å². The number of fused-ring (bicyclic) bond motifs is 2. The van der Waals surface area contributed by atoms with Crippen molar-refractivity contribution in [2.45, 2.75) is 12.7 Å². The molecule has 0 saturated heterocycles. The van der Waals surface area contributed by atoms with Gasteiger partial charge in [0.05, 0.1) is 5.69 Å². The summed E-state index contributed by atoms with van der Waals surface area (Å²) in [5.41, 5.74) is 6.83. The average molecular weight is 420 g/mol. The monoisotopic (exact) mass is 420 g/mol. The summed E-state index contributed by atoms with van der Waals surface area (Å²) < 4.78 is 47.1. The number of hydrogen-bond donors (Lipinski definition) is 1. The van der Waals surface area contributed by atoms with Crippen LogP contribution in [0.4, 0.5) is 18.9 Å². The third kappa shape index (κ3) is 3.59. The van der Waals surface area contributed by atoms with E-state index in [2.05, 4.69) is 4.98 Å². The molecule has 0 radical (unpaired) electrons. The van der Waals surface area contributed by atoms with Crippen LogP contribution in [0.2, 0.25) is 0 Å². The lowest BCUT2D eigenvalue weighted by molar-refractivity contribution is -0.689. The maximum absolute atomic E-state index is 13.2. The zero-order valence-electron chi connectivity index (χ0n) is 16.2. The van der Waals surface area contributed by atoms with E-state index in [-0.39, 0.29) is 12.2 Å². The minimum absolute atomic E-state index is 0.265. The van der Waals surface area contributed by atoms with Crippen LogP contribution < -0.4 is 10.3 Å². The second kappa shape index (κ2) is 7.12. The summed E-state index contributed by atoms with van der Waals surface area (Å²) in [6, 6.07) is 16.7. The van der Waals surface area contributed by atoms with E-state index in [4.69, 9.17) is 10.2 Å². The van der Waals surface area contributed by atoms with E-state index in [0.29, 0.717) is 5.76 Å². The van der Waals surface area contributed by atoms with Gasteiger partial charge in [-0.05, 0) is 23.6 Å². The molecule has 0 atom stereocenters. The highest BCUT2D eigenvalue weighted by Crippen LogP contribution is 2.34. The topological polar surface area (TPSA) is 55.9 Å². The van der Waals surface area contributed by atoms with Crippen molar-refractivity contribution in [3.63, 3.8) is 0 Å². The second-order valence-electron chi connectivity index (χ2n) is 7.37. The maximum Gasteiger partial charge on any atom is 0.424 e. The number of anilines is 1. The fourth-order valence-electron chi connectivity index (χ4n) is 3.72. The number of halogens is 3. The maximum atomic E-state index is 13.2. The van der Waals surface area contributed by atoms with Crippen LogP contribution in [0.3, 0.4) is 0 Å². The van der Waals surface area contributed by atoms with Crippen molar-refractivity contribution >= 4 is 27.4 Å². The summed E-state index contributed by atoms with van der Waals surface area (Å²) in [6.45, 7) is 0.265. The van der Waals surface area contributed by atoms with Gasteiger partial charge >= 0.3 is 6.18 Å². The Hall–Kier alpha value is -3.87. The molecule has 3 heterocycles. The molecule has 31 heavy (non-hydrogen) atoms. The Bertz CT molecular complexity index is 1390. The van der Waals surface area contributed by atoms with Crippen LogP contribution in [-0.4, -0.2) is 4.98 Å². The fraction of sp³-hybridized carbons (Fsp3) is 0.0833. The molecule has 0 bridgehead atoms. The molecule has 2 aromatic carbocycles. The number of furan rings is 1. The van der Waals surface area contributed by atoms with Crippen molar-refractivity contribution < 1.29 is 22.2 Å². The molecule has 154 valence electrons. The van der Waals surface area contributed by atoms with E-state index < -0.39 is 11.7 Å². The number of nitrogens with zero attached hydrogens (tertiary/aromatic N) is 2. The first-order chi connectivity index (χ1) is 14.9. The van der Waals surface area contributed by atoms with E-state index in [1.807, 2.05) is 48.5 Å². The lowest BCUT2D eigenvalue weighted by Gasteiger charge is -2.09. The first kappa shape index (κ1) is 19.1. The number of rotatable bonds is 3. The summed E-state index contributed by atoms with van der Waals surface area (Å²) in [6.07, 6.45) is 1.57. The van der Waals surface area contributed by atoms with Gasteiger partial charge in [0, 0.05) is 40.4 Å². The Morgan fingerprint density at radius 1 is 0.968 bits per heavy atom. The largest absolute Gasteiger partial charge is 0.456 e. The van der Waals surface area contributed by atoms with E-state index in [1.54, 1.807) is 18.6 Å². The number of hydrogen-bond acceptors (Lipinski definition) is 3. The molecule has 0 saturated carbocycles. The fourth-order valence-corrected chi connectivity index (χ4v) is 3.72. The molecule has 5 rings (SSSR count). The summed E-state index contributed by atoms with van der Waals surface area (Å²) in [4.78, 5) is 4.32. The number of alkyl halides is 3. The van der Waals surface area contributed by atoms with Gasteiger partial charge in [0.15, 0.2) is 18.9 Å². The highest BCUT2D eigenvalue weighted by atomic mass is 19.4. The number of benzene rings is 2. The molecule has 7 heteroatoms. The molecular formula is C24H17F3N3O+. The quantitative estimate of drug-likeness (QED) is 0.388. The minimum Gasteiger partial charge on any atom is -0.456 e. The summed E-state index contributed by atoms with van der Waals surface area (Å²) in [5, 5.41) is 2.82. The van der Waals surface area contributed by atoms with Crippen LogP contribution in [0.25, 0.3) is 33.1 Å². The predicted octanol–water partition coefficient (Wildman–Crippen LogP) is 5.58. The van der Waals surface area contributed by atoms with E-state index in [1.165, 1.54) is 10.6 Å². The van der Waals surface area contributed by atoms with Gasteiger partial charge in [-0.15, -0.1) is 0 Å². The molecule has 4 nitrogen and oxygen atoms in total. The van der Waals surface area contributed by atoms with Crippen LogP contribution in [0.15, 0.2) is 83.8 Å². The molecule has 2 N–H and O–H groups in total. The first-order valence-corrected chi connectivity index (χ1v) is 9.60. The molecule has 0 amide bonds. The standard InChI is InChI=1S/C24H16F3N3O/c25-24(26,27)20-14-30(8-7-21(20)28)13-15-5-6-17-11-29-12-19(18(17)9-15)23-10-16-3-1-2-4-22(16)31-23/h1-12,14,28H,13H2/p+1.